The monoisotopic (exact) mass is 310 g/mol. The molecule has 0 saturated carbocycles. The third-order valence-corrected chi connectivity index (χ3v) is 3.40. The van der Waals surface area contributed by atoms with Crippen LogP contribution in [0.4, 0.5) is 13.2 Å². The van der Waals surface area contributed by atoms with Crippen molar-refractivity contribution in [2.45, 2.75) is 18.7 Å². The summed E-state index contributed by atoms with van der Waals surface area (Å²) in [4.78, 5) is 15.9. The summed E-state index contributed by atoms with van der Waals surface area (Å²) in [5.74, 6) is -1.00. The molecule has 1 aromatic carbocycles. The van der Waals surface area contributed by atoms with Gasteiger partial charge in [0.2, 0.25) is 5.91 Å². The van der Waals surface area contributed by atoms with E-state index in [0.29, 0.717) is 11.1 Å². The molecule has 0 fully saturated rings. The molecular formula is C15H13F3N2O2. The fourth-order valence-electron chi connectivity index (χ4n) is 2.10. The standard InChI is InChI=1S/C15H13F3N2O2/c1-14(13(19)21,11-3-2-8-20-9-11)10-4-6-12(7-5-10)22-15(16,17)18/h2-9H,1H3,(H2,19,21). The van der Waals surface area contributed by atoms with Gasteiger partial charge >= 0.3 is 6.36 Å². The summed E-state index contributed by atoms with van der Waals surface area (Å²) in [7, 11) is 0. The number of pyridine rings is 1. The number of halogens is 3. The van der Waals surface area contributed by atoms with Crippen molar-refractivity contribution in [3.05, 3.63) is 59.9 Å². The number of hydrogen-bond donors (Lipinski definition) is 1. The van der Waals surface area contributed by atoms with Gasteiger partial charge < -0.3 is 10.5 Å². The maximum atomic E-state index is 12.2. The second-order valence-corrected chi connectivity index (χ2v) is 4.80. The zero-order chi connectivity index (χ0) is 16.4. The molecule has 2 aromatic rings. The Kier molecular flexibility index (Phi) is 4.07. The molecule has 1 unspecified atom stereocenters. The second kappa shape index (κ2) is 5.67. The van der Waals surface area contributed by atoms with Crippen LogP contribution in [0.3, 0.4) is 0 Å². The zero-order valence-corrected chi connectivity index (χ0v) is 11.6. The quantitative estimate of drug-likeness (QED) is 0.944. The summed E-state index contributed by atoms with van der Waals surface area (Å²) in [6.45, 7) is 1.59. The number of alkyl halides is 3. The van der Waals surface area contributed by atoms with Gasteiger partial charge in [0, 0.05) is 12.4 Å². The lowest BCUT2D eigenvalue weighted by Gasteiger charge is -2.27. The van der Waals surface area contributed by atoms with Crippen molar-refractivity contribution < 1.29 is 22.7 Å². The third-order valence-electron chi connectivity index (χ3n) is 3.40. The third kappa shape index (κ3) is 3.19. The molecule has 2 N–H and O–H groups in total. The Labute approximate surface area is 124 Å². The fraction of sp³-hybridized carbons (Fsp3) is 0.200. The summed E-state index contributed by atoms with van der Waals surface area (Å²) in [5.41, 5.74) is 5.29. The molecule has 116 valence electrons. The molecule has 22 heavy (non-hydrogen) atoms. The van der Waals surface area contributed by atoms with Gasteiger partial charge in [-0.1, -0.05) is 18.2 Å². The van der Waals surface area contributed by atoms with Crippen molar-refractivity contribution in [3.63, 3.8) is 0 Å². The van der Waals surface area contributed by atoms with E-state index >= 15 is 0 Å². The lowest BCUT2D eigenvalue weighted by Crippen LogP contribution is -2.39. The van der Waals surface area contributed by atoms with Crippen LogP contribution in [-0.4, -0.2) is 17.3 Å². The van der Waals surface area contributed by atoms with Gasteiger partial charge in [0.15, 0.2) is 0 Å². The van der Waals surface area contributed by atoms with Crippen molar-refractivity contribution in [3.8, 4) is 5.75 Å². The molecule has 7 heteroatoms. The van der Waals surface area contributed by atoms with Gasteiger partial charge in [-0.05, 0) is 36.2 Å². The highest BCUT2D eigenvalue weighted by Crippen LogP contribution is 2.33. The van der Waals surface area contributed by atoms with Crippen LogP contribution in [0.1, 0.15) is 18.1 Å². The molecule has 4 nitrogen and oxygen atoms in total. The predicted molar refractivity (Wildman–Crippen MR) is 73.0 cm³/mol. The second-order valence-electron chi connectivity index (χ2n) is 4.80. The van der Waals surface area contributed by atoms with E-state index in [9.17, 15) is 18.0 Å². The number of aromatic nitrogens is 1. The molecule has 0 saturated heterocycles. The first-order valence-electron chi connectivity index (χ1n) is 6.30. The van der Waals surface area contributed by atoms with E-state index in [1.807, 2.05) is 0 Å². The average molecular weight is 310 g/mol. The largest absolute Gasteiger partial charge is 0.573 e. The molecule has 1 heterocycles. The molecule has 0 radical (unpaired) electrons. The van der Waals surface area contributed by atoms with E-state index in [4.69, 9.17) is 5.73 Å². The van der Waals surface area contributed by atoms with Gasteiger partial charge in [0.05, 0.1) is 5.41 Å². The fourth-order valence-corrected chi connectivity index (χ4v) is 2.10. The summed E-state index contributed by atoms with van der Waals surface area (Å²) >= 11 is 0. The van der Waals surface area contributed by atoms with Crippen molar-refractivity contribution in [1.82, 2.24) is 4.98 Å². The number of hydrogen-bond acceptors (Lipinski definition) is 3. The van der Waals surface area contributed by atoms with Crippen LogP contribution in [0.25, 0.3) is 0 Å². The number of nitrogens with two attached hydrogens (primary N) is 1. The normalized spacial score (nSPS) is 14.2. The molecule has 0 aliphatic carbocycles. The number of nitrogens with zero attached hydrogens (tertiary/aromatic N) is 1. The highest BCUT2D eigenvalue weighted by molar-refractivity contribution is 5.90. The predicted octanol–water partition coefficient (Wildman–Crippen LogP) is 2.77. The Morgan fingerprint density at radius 2 is 1.77 bits per heavy atom. The van der Waals surface area contributed by atoms with E-state index in [0.717, 1.165) is 12.1 Å². The first-order chi connectivity index (χ1) is 10.2. The van der Waals surface area contributed by atoms with Crippen LogP contribution in [0.15, 0.2) is 48.8 Å². The van der Waals surface area contributed by atoms with Gasteiger partial charge in [0.25, 0.3) is 0 Å². The Bertz CT molecular complexity index is 657. The summed E-state index contributed by atoms with van der Waals surface area (Å²) in [6, 6.07) is 8.36. The van der Waals surface area contributed by atoms with Crippen LogP contribution in [-0.2, 0) is 10.2 Å². The number of primary amides is 1. The number of ether oxygens (including phenoxy) is 1. The lowest BCUT2D eigenvalue weighted by atomic mass is 9.76. The molecule has 0 aliphatic rings. The van der Waals surface area contributed by atoms with Crippen molar-refractivity contribution >= 4 is 5.91 Å². The zero-order valence-electron chi connectivity index (χ0n) is 11.6. The molecular weight excluding hydrogens is 297 g/mol. The molecule has 0 spiro atoms. The number of amides is 1. The average Bonchev–Trinajstić information content (AvgIpc) is 2.46. The van der Waals surface area contributed by atoms with Crippen molar-refractivity contribution in [1.29, 1.82) is 0 Å². The van der Waals surface area contributed by atoms with E-state index in [2.05, 4.69) is 9.72 Å². The van der Waals surface area contributed by atoms with Gasteiger partial charge in [0.1, 0.15) is 5.75 Å². The van der Waals surface area contributed by atoms with Crippen molar-refractivity contribution in [2.24, 2.45) is 5.73 Å². The van der Waals surface area contributed by atoms with Gasteiger partial charge in [-0.25, -0.2) is 0 Å². The van der Waals surface area contributed by atoms with Crippen LogP contribution in [0, 0.1) is 0 Å². The van der Waals surface area contributed by atoms with E-state index in [1.54, 1.807) is 25.3 Å². The molecule has 1 aromatic heterocycles. The smallest absolute Gasteiger partial charge is 0.406 e. The van der Waals surface area contributed by atoms with Crippen LogP contribution in [0.5, 0.6) is 5.75 Å². The summed E-state index contributed by atoms with van der Waals surface area (Å²) in [5, 5.41) is 0. The minimum atomic E-state index is -4.77. The van der Waals surface area contributed by atoms with E-state index in [-0.39, 0.29) is 5.75 Å². The molecule has 1 amide bonds. The van der Waals surface area contributed by atoms with Crippen LogP contribution < -0.4 is 10.5 Å². The minimum Gasteiger partial charge on any atom is -0.406 e. The topological polar surface area (TPSA) is 65.2 Å². The maximum absolute atomic E-state index is 12.2. The minimum absolute atomic E-state index is 0.366. The SMILES string of the molecule is CC(C(N)=O)(c1ccc(OC(F)(F)F)cc1)c1cccnc1. The van der Waals surface area contributed by atoms with E-state index < -0.39 is 17.7 Å². The molecule has 0 bridgehead atoms. The highest BCUT2D eigenvalue weighted by atomic mass is 19.4. The summed E-state index contributed by atoms with van der Waals surface area (Å²) < 4.78 is 40.3. The Balaban J connectivity index is 2.41. The Morgan fingerprint density at radius 1 is 1.14 bits per heavy atom. The molecule has 2 rings (SSSR count). The number of rotatable bonds is 4. The lowest BCUT2D eigenvalue weighted by molar-refractivity contribution is -0.274. The molecule has 1 atom stereocenters. The van der Waals surface area contributed by atoms with Crippen LogP contribution >= 0.6 is 0 Å². The number of carbonyl (C=O) groups is 1. The maximum Gasteiger partial charge on any atom is 0.573 e. The number of carbonyl (C=O) groups excluding carboxylic acids is 1. The van der Waals surface area contributed by atoms with E-state index in [1.165, 1.54) is 18.3 Å². The first-order valence-corrected chi connectivity index (χ1v) is 6.30. The summed E-state index contributed by atoms with van der Waals surface area (Å²) in [6.07, 6.45) is -1.73. The Hall–Kier alpha value is -2.57. The Morgan fingerprint density at radius 3 is 2.23 bits per heavy atom. The van der Waals surface area contributed by atoms with Gasteiger partial charge in [-0.2, -0.15) is 0 Å². The molecule has 0 aliphatic heterocycles. The number of benzene rings is 1. The first kappa shape index (κ1) is 15.8. The van der Waals surface area contributed by atoms with Gasteiger partial charge in [-0.15, -0.1) is 13.2 Å². The van der Waals surface area contributed by atoms with Crippen LogP contribution in [0.2, 0.25) is 0 Å². The van der Waals surface area contributed by atoms with Crippen molar-refractivity contribution in [2.75, 3.05) is 0 Å². The van der Waals surface area contributed by atoms with Gasteiger partial charge in [-0.3, -0.25) is 9.78 Å². The highest BCUT2D eigenvalue weighted by Gasteiger charge is 2.36.